The summed E-state index contributed by atoms with van der Waals surface area (Å²) in [5, 5.41) is 3.28. The Labute approximate surface area is 200 Å². The molecule has 6 nitrogen and oxygen atoms in total. The van der Waals surface area contributed by atoms with Gasteiger partial charge in [0.2, 0.25) is 10.0 Å². The van der Waals surface area contributed by atoms with Gasteiger partial charge in [-0.1, -0.05) is 35.9 Å². The van der Waals surface area contributed by atoms with Gasteiger partial charge in [-0.15, -0.1) is 0 Å². The number of ether oxygens (including phenoxy) is 1. The van der Waals surface area contributed by atoms with E-state index in [4.69, 9.17) is 16.3 Å². The van der Waals surface area contributed by atoms with E-state index in [9.17, 15) is 13.2 Å². The Morgan fingerprint density at radius 3 is 2.36 bits per heavy atom. The van der Waals surface area contributed by atoms with Crippen LogP contribution in [0.3, 0.4) is 0 Å². The molecule has 0 saturated heterocycles. The number of aryl methyl sites for hydroxylation is 2. The first kappa shape index (κ1) is 24.6. The number of nitrogens with zero attached hydrogens (tertiary/aromatic N) is 1. The molecule has 0 atom stereocenters. The summed E-state index contributed by atoms with van der Waals surface area (Å²) in [5.74, 6) is 0.548. The van der Waals surface area contributed by atoms with E-state index in [0.29, 0.717) is 29.4 Å². The third-order valence-corrected chi connectivity index (χ3v) is 6.55. The average Bonchev–Trinajstić information content (AvgIpc) is 2.77. The minimum Gasteiger partial charge on any atom is -0.492 e. The van der Waals surface area contributed by atoms with Gasteiger partial charge in [0, 0.05) is 10.6 Å². The van der Waals surface area contributed by atoms with Crippen LogP contribution in [-0.2, 0) is 16.6 Å². The number of halogens is 1. The summed E-state index contributed by atoms with van der Waals surface area (Å²) in [6, 6.07) is 19.4. The van der Waals surface area contributed by atoms with E-state index in [0.717, 1.165) is 23.1 Å². The van der Waals surface area contributed by atoms with Gasteiger partial charge in [-0.05, 0) is 73.0 Å². The lowest BCUT2D eigenvalue weighted by Crippen LogP contribution is -2.29. The second kappa shape index (κ2) is 10.7. The van der Waals surface area contributed by atoms with Crippen molar-refractivity contribution in [1.29, 1.82) is 0 Å². The second-order valence-corrected chi connectivity index (χ2v) is 10.1. The molecule has 33 heavy (non-hydrogen) atoms. The standard InChI is InChI=1S/C25H27ClN2O4S/c1-18-7-12-24(15-19(18)2)32-14-13-27-25(29)21-10-8-20(9-11-21)17-28(33(3,30)31)23-6-4-5-22(26)16-23/h4-12,15-16H,13-14,17H2,1-3H3,(H,27,29). The molecule has 0 spiro atoms. The Hall–Kier alpha value is -3.03. The summed E-state index contributed by atoms with van der Waals surface area (Å²) in [5.41, 5.74) is 4.07. The largest absolute Gasteiger partial charge is 0.492 e. The predicted octanol–water partition coefficient (Wildman–Crippen LogP) is 4.73. The van der Waals surface area contributed by atoms with Gasteiger partial charge in [-0.25, -0.2) is 8.42 Å². The molecule has 174 valence electrons. The number of carbonyl (C=O) groups excluding carboxylic acids is 1. The molecule has 1 N–H and O–H groups in total. The highest BCUT2D eigenvalue weighted by atomic mass is 35.5. The van der Waals surface area contributed by atoms with Crippen LogP contribution in [-0.4, -0.2) is 33.7 Å². The highest BCUT2D eigenvalue weighted by Gasteiger charge is 2.18. The van der Waals surface area contributed by atoms with Crippen LogP contribution in [0.2, 0.25) is 5.02 Å². The molecule has 3 aromatic rings. The molecule has 0 aliphatic heterocycles. The number of hydrogen-bond donors (Lipinski definition) is 1. The molecule has 0 aliphatic carbocycles. The highest BCUT2D eigenvalue weighted by Crippen LogP contribution is 2.24. The molecular weight excluding hydrogens is 460 g/mol. The molecule has 0 heterocycles. The van der Waals surface area contributed by atoms with Gasteiger partial charge in [-0.2, -0.15) is 0 Å². The van der Waals surface area contributed by atoms with Gasteiger partial charge in [-0.3, -0.25) is 9.10 Å². The Bertz CT molecular complexity index is 1230. The molecule has 0 unspecified atom stereocenters. The highest BCUT2D eigenvalue weighted by molar-refractivity contribution is 7.92. The van der Waals surface area contributed by atoms with Crippen LogP contribution in [0.1, 0.15) is 27.0 Å². The number of anilines is 1. The topological polar surface area (TPSA) is 75.7 Å². The predicted molar refractivity (Wildman–Crippen MR) is 133 cm³/mol. The van der Waals surface area contributed by atoms with Crippen molar-refractivity contribution in [3.05, 3.63) is 94.0 Å². The minimum atomic E-state index is -3.52. The van der Waals surface area contributed by atoms with Gasteiger partial charge in [0.1, 0.15) is 12.4 Å². The van der Waals surface area contributed by atoms with Crippen LogP contribution >= 0.6 is 11.6 Å². The molecule has 0 aromatic heterocycles. The fourth-order valence-corrected chi connectivity index (χ4v) is 4.26. The number of rotatable bonds is 9. The molecule has 0 bridgehead atoms. The van der Waals surface area contributed by atoms with E-state index >= 15 is 0 Å². The van der Waals surface area contributed by atoms with E-state index in [-0.39, 0.29) is 12.5 Å². The van der Waals surface area contributed by atoms with Crippen LogP contribution in [0, 0.1) is 13.8 Å². The normalized spacial score (nSPS) is 11.2. The lowest BCUT2D eigenvalue weighted by molar-refractivity contribution is 0.0947. The fourth-order valence-electron chi connectivity index (χ4n) is 3.20. The number of amides is 1. The monoisotopic (exact) mass is 486 g/mol. The van der Waals surface area contributed by atoms with Crippen molar-refractivity contribution in [2.24, 2.45) is 0 Å². The third kappa shape index (κ3) is 6.97. The molecule has 8 heteroatoms. The Morgan fingerprint density at radius 2 is 1.73 bits per heavy atom. The maximum absolute atomic E-state index is 12.4. The van der Waals surface area contributed by atoms with Crippen molar-refractivity contribution in [2.45, 2.75) is 20.4 Å². The SMILES string of the molecule is Cc1ccc(OCCNC(=O)c2ccc(CN(c3cccc(Cl)c3)S(C)(=O)=O)cc2)cc1C. The van der Waals surface area contributed by atoms with Gasteiger partial charge in [0.05, 0.1) is 25.0 Å². The lowest BCUT2D eigenvalue weighted by atomic mass is 10.1. The molecule has 0 fully saturated rings. The molecule has 3 rings (SSSR count). The Kier molecular flexibility index (Phi) is 8.00. The van der Waals surface area contributed by atoms with E-state index in [1.165, 1.54) is 9.87 Å². The summed E-state index contributed by atoms with van der Waals surface area (Å²) in [7, 11) is -3.52. The van der Waals surface area contributed by atoms with Crippen molar-refractivity contribution in [2.75, 3.05) is 23.7 Å². The van der Waals surface area contributed by atoms with Gasteiger partial charge in [0.25, 0.3) is 5.91 Å². The quantitative estimate of drug-likeness (QED) is 0.443. The van der Waals surface area contributed by atoms with Crippen LogP contribution in [0.25, 0.3) is 0 Å². The molecule has 0 saturated carbocycles. The van der Waals surface area contributed by atoms with Crippen LogP contribution in [0.5, 0.6) is 5.75 Å². The van der Waals surface area contributed by atoms with E-state index < -0.39 is 10.0 Å². The van der Waals surface area contributed by atoms with E-state index in [1.54, 1.807) is 48.5 Å². The zero-order valence-electron chi connectivity index (χ0n) is 18.8. The summed E-state index contributed by atoms with van der Waals surface area (Å²) in [6.07, 6.45) is 1.15. The lowest BCUT2D eigenvalue weighted by Gasteiger charge is -2.22. The third-order valence-electron chi connectivity index (χ3n) is 5.17. The molecule has 0 radical (unpaired) electrons. The Balaban J connectivity index is 1.57. The maximum Gasteiger partial charge on any atom is 0.251 e. The fraction of sp³-hybridized carbons (Fsp3) is 0.240. The zero-order valence-corrected chi connectivity index (χ0v) is 20.4. The first-order valence-electron chi connectivity index (χ1n) is 10.4. The average molecular weight is 487 g/mol. The van der Waals surface area contributed by atoms with E-state index in [1.807, 2.05) is 32.0 Å². The first-order valence-corrected chi connectivity index (χ1v) is 12.7. The summed E-state index contributed by atoms with van der Waals surface area (Å²) >= 11 is 6.02. The molecule has 0 aliphatic rings. The first-order chi connectivity index (χ1) is 15.6. The van der Waals surface area contributed by atoms with Crippen molar-refractivity contribution >= 4 is 33.2 Å². The van der Waals surface area contributed by atoms with Crippen LogP contribution in [0.15, 0.2) is 66.7 Å². The molecule has 3 aromatic carbocycles. The smallest absolute Gasteiger partial charge is 0.251 e. The van der Waals surface area contributed by atoms with Crippen LogP contribution < -0.4 is 14.4 Å². The van der Waals surface area contributed by atoms with Crippen molar-refractivity contribution in [3.8, 4) is 5.75 Å². The molecule has 1 amide bonds. The van der Waals surface area contributed by atoms with Crippen molar-refractivity contribution < 1.29 is 17.9 Å². The maximum atomic E-state index is 12.4. The Morgan fingerprint density at radius 1 is 1.00 bits per heavy atom. The van der Waals surface area contributed by atoms with Crippen molar-refractivity contribution in [1.82, 2.24) is 5.32 Å². The minimum absolute atomic E-state index is 0.130. The number of hydrogen-bond acceptors (Lipinski definition) is 4. The summed E-state index contributed by atoms with van der Waals surface area (Å²) in [4.78, 5) is 12.4. The summed E-state index contributed by atoms with van der Waals surface area (Å²) < 4.78 is 31.6. The number of sulfonamides is 1. The van der Waals surface area contributed by atoms with Crippen molar-refractivity contribution in [3.63, 3.8) is 0 Å². The van der Waals surface area contributed by atoms with E-state index in [2.05, 4.69) is 5.32 Å². The zero-order chi connectivity index (χ0) is 24.0. The number of nitrogens with one attached hydrogen (secondary N) is 1. The van der Waals surface area contributed by atoms with Gasteiger partial charge in [0.15, 0.2) is 0 Å². The number of carbonyl (C=O) groups is 1. The van der Waals surface area contributed by atoms with Gasteiger partial charge < -0.3 is 10.1 Å². The number of benzene rings is 3. The molecular formula is C25H27ClN2O4S. The van der Waals surface area contributed by atoms with Crippen LogP contribution in [0.4, 0.5) is 5.69 Å². The second-order valence-electron chi connectivity index (χ2n) is 7.80. The summed E-state index contributed by atoms with van der Waals surface area (Å²) in [6.45, 7) is 4.92. The van der Waals surface area contributed by atoms with Gasteiger partial charge >= 0.3 is 0 Å².